The summed E-state index contributed by atoms with van der Waals surface area (Å²) < 4.78 is 16.2. The van der Waals surface area contributed by atoms with Gasteiger partial charge in [-0.1, -0.05) is 38.1 Å². The number of carbonyl (C=O) groups is 2. The third kappa shape index (κ3) is 6.89. The van der Waals surface area contributed by atoms with Gasteiger partial charge >= 0.3 is 5.97 Å². The van der Waals surface area contributed by atoms with E-state index in [-0.39, 0.29) is 17.9 Å². The summed E-state index contributed by atoms with van der Waals surface area (Å²) in [6.45, 7) is 4.17. The van der Waals surface area contributed by atoms with Crippen molar-refractivity contribution in [2.75, 3.05) is 20.3 Å². The first-order chi connectivity index (χ1) is 15.0. The lowest BCUT2D eigenvalue weighted by atomic mass is 10.1. The van der Waals surface area contributed by atoms with Crippen molar-refractivity contribution < 1.29 is 23.8 Å². The molecule has 0 aromatic heterocycles. The lowest BCUT2D eigenvalue weighted by Gasteiger charge is -2.12. The van der Waals surface area contributed by atoms with E-state index < -0.39 is 11.9 Å². The normalized spacial score (nSPS) is 10.7. The Morgan fingerprint density at radius 1 is 1.10 bits per heavy atom. The molecule has 1 amide bonds. The van der Waals surface area contributed by atoms with Gasteiger partial charge in [0.15, 0.2) is 18.1 Å². The van der Waals surface area contributed by atoms with E-state index in [2.05, 4.69) is 5.32 Å². The number of ether oxygens (including phenoxy) is 3. The summed E-state index contributed by atoms with van der Waals surface area (Å²) in [7, 11) is 1.44. The number of nitrogens with one attached hydrogen (secondary N) is 1. The molecule has 7 nitrogen and oxygen atoms in total. The molecule has 0 bridgehead atoms. The Morgan fingerprint density at radius 2 is 1.87 bits per heavy atom. The summed E-state index contributed by atoms with van der Waals surface area (Å²) in [6.07, 6.45) is 3.01. The number of nitrogens with zero attached hydrogens (tertiary/aromatic N) is 1. The van der Waals surface area contributed by atoms with Gasteiger partial charge in [-0.2, -0.15) is 5.26 Å². The van der Waals surface area contributed by atoms with Gasteiger partial charge in [-0.05, 0) is 48.2 Å². The fourth-order valence-electron chi connectivity index (χ4n) is 2.73. The summed E-state index contributed by atoms with van der Waals surface area (Å²) in [5.41, 5.74) is 1.54. The minimum Gasteiger partial charge on any atom is -0.493 e. The molecule has 2 aromatic rings. The molecule has 2 rings (SSSR count). The van der Waals surface area contributed by atoms with Crippen molar-refractivity contribution in [3.05, 3.63) is 59.2 Å². The monoisotopic (exact) mass is 422 g/mol. The Bertz CT molecular complexity index is 992. The molecule has 0 radical (unpaired) electrons. The van der Waals surface area contributed by atoms with Gasteiger partial charge in [-0.15, -0.1) is 0 Å². The Labute approximate surface area is 182 Å². The maximum atomic E-state index is 12.2. The summed E-state index contributed by atoms with van der Waals surface area (Å²) in [4.78, 5) is 24.3. The Morgan fingerprint density at radius 3 is 2.55 bits per heavy atom. The van der Waals surface area contributed by atoms with Crippen LogP contribution in [-0.2, 0) is 16.0 Å². The Balaban J connectivity index is 2.09. The van der Waals surface area contributed by atoms with Crippen LogP contribution in [0.25, 0.3) is 6.08 Å². The second-order valence-corrected chi connectivity index (χ2v) is 6.56. The number of benzene rings is 2. The van der Waals surface area contributed by atoms with Crippen molar-refractivity contribution in [1.82, 2.24) is 5.32 Å². The molecule has 0 fully saturated rings. The summed E-state index contributed by atoms with van der Waals surface area (Å²) in [5, 5.41) is 11.9. The molecule has 2 aromatic carbocycles. The average molecular weight is 422 g/mol. The highest BCUT2D eigenvalue weighted by Gasteiger charge is 2.14. The standard InChI is InChI=1S/C24H26N2O5/c1-4-12-26-24(28)19(15-25)13-17-10-11-21(22(14-17)29-3)31-23(27)16-30-20-9-7-6-8-18(20)5-2/h6-11,13-14H,4-5,12,16H2,1-3H3,(H,26,28)/b19-13+. The van der Waals surface area contributed by atoms with Gasteiger partial charge in [0.25, 0.3) is 5.91 Å². The van der Waals surface area contributed by atoms with Crippen molar-refractivity contribution in [2.24, 2.45) is 0 Å². The van der Waals surface area contributed by atoms with Gasteiger partial charge in [-0.3, -0.25) is 4.79 Å². The van der Waals surface area contributed by atoms with E-state index in [0.29, 0.717) is 23.6 Å². The van der Waals surface area contributed by atoms with Crippen LogP contribution in [0.4, 0.5) is 0 Å². The van der Waals surface area contributed by atoms with Crippen LogP contribution < -0.4 is 19.5 Å². The summed E-state index contributed by atoms with van der Waals surface area (Å²) in [6, 6.07) is 14.1. The van der Waals surface area contributed by atoms with Crippen LogP contribution in [0.1, 0.15) is 31.4 Å². The first kappa shape index (κ1) is 23.5. The molecule has 162 valence electrons. The lowest BCUT2D eigenvalue weighted by Crippen LogP contribution is -2.25. The number of esters is 1. The Kier molecular flexibility index (Phi) is 9.12. The molecule has 0 heterocycles. The van der Waals surface area contributed by atoms with Crippen LogP contribution >= 0.6 is 0 Å². The SMILES string of the molecule is CCCNC(=O)/C(C#N)=C/c1ccc(OC(=O)COc2ccccc2CC)c(OC)c1. The zero-order valence-electron chi connectivity index (χ0n) is 17.9. The number of para-hydroxylation sites is 1. The predicted molar refractivity (Wildman–Crippen MR) is 117 cm³/mol. The number of hydrogen-bond acceptors (Lipinski definition) is 6. The number of rotatable bonds is 10. The van der Waals surface area contributed by atoms with E-state index in [1.54, 1.807) is 24.3 Å². The molecule has 0 aliphatic heterocycles. The number of carbonyl (C=O) groups excluding carboxylic acids is 2. The van der Waals surface area contributed by atoms with Crippen molar-refractivity contribution >= 4 is 18.0 Å². The van der Waals surface area contributed by atoms with Crippen molar-refractivity contribution in [2.45, 2.75) is 26.7 Å². The lowest BCUT2D eigenvalue weighted by molar-refractivity contribution is -0.136. The van der Waals surface area contributed by atoms with Gasteiger partial charge in [0.05, 0.1) is 7.11 Å². The molecule has 0 spiro atoms. The molecule has 0 saturated carbocycles. The third-order valence-electron chi connectivity index (χ3n) is 4.32. The molecule has 1 N–H and O–H groups in total. The molecule has 7 heteroatoms. The van der Waals surface area contributed by atoms with Crippen LogP contribution in [0.5, 0.6) is 17.2 Å². The number of amides is 1. The second-order valence-electron chi connectivity index (χ2n) is 6.56. The molecule has 0 saturated heterocycles. The first-order valence-electron chi connectivity index (χ1n) is 10.0. The fourth-order valence-corrected chi connectivity index (χ4v) is 2.73. The highest BCUT2D eigenvalue weighted by atomic mass is 16.6. The zero-order valence-corrected chi connectivity index (χ0v) is 17.9. The van der Waals surface area contributed by atoms with E-state index in [1.165, 1.54) is 13.2 Å². The largest absolute Gasteiger partial charge is 0.493 e. The van der Waals surface area contributed by atoms with Crippen LogP contribution in [-0.4, -0.2) is 32.1 Å². The van der Waals surface area contributed by atoms with E-state index in [4.69, 9.17) is 14.2 Å². The minimum absolute atomic E-state index is 0.0248. The fraction of sp³-hybridized carbons (Fsp3) is 0.292. The second kappa shape index (κ2) is 12.0. The van der Waals surface area contributed by atoms with Gasteiger partial charge in [0.2, 0.25) is 0 Å². The van der Waals surface area contributed by atoms with Gasteiger partial charge in [0.1, 0.15) is 17.4 Å². The van der Waals surface area contributed by atoms with Crippen LogP contribution in [0.3, 0.4) is 0 Å². The Hall–Kier alpha value is -3.79. The maximum Gasteiger partial charge on any atom is 0.349 e. The van der Waals surface area contributed by atoms with Crippen LogP contribution in [0.2, 0.25) is 0 Å². The van der Waals surface area contributed by atoms with Crippen LogP contribution in [0, 0.1) is 11.3 Å². The third-order valence-corrected chi connectivity index (χ3v) is 4.32. The van der Waals surface area contributed by atoms with Gasteiger partial charge in [-0.25, -0.2) is 4.79 Å². The molecular formula is C24H26N2O5. The highest BCUT2D eigenvalue weighted by molar-refractivity contribution is 6.01. The molecule has 0 atom stereocenters. The van der Waals surface area contributed by atoms with Gasteiger partial charge < -0.3 is 19.5 Å². The van der Waals surface area contributed by atoms with E-state index in [1.807, 2.05) is 38.1 Å². The minimum atomic E-state index is -0.579. The van der Waals surface area contributed by atoms with Crippen LogP contribution in [0.15, 0.2) is 48.0 Å². The number of hydrogen-bond donors (Lipinski definition) is 1. The number of nitriles is 1. The number of methoxy groups -OCH3 is 1. The molecule has 31 heavy (non-hydrogen) atoms. The molecular weight excluding hydrogens is 396 g/mol. The zero-order chi connectivity index (χ0) is 22.6. The molecule has 0 aliphatic rings. The first-order valence-corrected chi connectivity index (χ1v) is 10.0. The maximum absolute atomic E-state index is 12.2. The molecule has 0 aliphatic carbocycles. The topological polar surface area (TPSA) is 97.7 Å². The smallest absolute Gasteiger partial charge is 0.349 e. The predicted octanol–water partition coefficient (Wildman–Crippen LogP) is 3.68. The summed E-state index contributed by atoms with van der Waals surface area (Å²) in [5.74, 6) is 0.126. The van der Waals surface area contributed by atoms with Crippen molar-refractivity contribution in [3.8, 4) is 23.3 Å². The van der Waals surface area contributed by atoms with Gasteiger partial charge in [0, 0.05) is 6.54 Å². The van der Waals surface area contributed by atoms with E-state index in [0.717, 1.165) is 18.4 Å². The van der Waals surface area contributed by atoms with Crippen molar-refractivity contribution in [1.29, 1.82) is 5.26 Å². The van der Waals surface area contributed by atoms with E-state index in [9.17, 15) is 14.9 Å². The van der Waals surface area contributed by atoms with E-state index >= 15 is 0 Å². The summed E-state index contributed by atoms with van der Waals surface area (Å²) >= 11 is 0. The van der Waals surface area contributed by atoms with Crippen molar-refractivity contribution in [3.63, 3.8) is 0 Å². The average Bonchev–Trinajstić information content (AvgIpc) is 2.80. The molecule has 0 unspecified atom stereocenters. The highest BCUT2D eigenvalue weighted by Crippen LogP contribution is 2.29. The number of aryl methyl sites for hydroxylation is 1. The quantitative estimate of drug-likeness (QED) is 0.272.